The quantitative estimate of drug-likeness (QED) is 0.224. The summed E-state index contributed by atoms with van der Waals surface area (Å²) in [6, 6.07) is 11.4. The van der Waals surface area contributed by atoms with Gasteiger partial charge in [0.15, 0.2) is 5.96 Å². The first-order valence-electron chi connectivity index (χ1n) is 10.9. The minimum atomic E-state index is 0. The van der Waals surface area contributed by atoms with Crippen LogP contribution in [0.15, 0.2) is 40.7 Å². The minimum absolute atomic E-state index is 0. The third kappa shape index (κ3) is 8.00. The highest BCUT2D eigenvalue weighted by Gasteiger charge is 2.25. The number of likely N-dealkylation sites (N-methyl/N-ethyl adjacent to an activating group) is 1. The fraction of sp³-hybridized carbons (Fsp3) is 0.565. The Kier molecular flexibility index (Phi) is 11.2. The summed E-state index contributed by atoms with van der Waals surface area (Å²) in [4.78, 5) is 14.1. The molecule has 1 saturated heterocycles. The van der Waals surface area contributed by atoms with Gasteiger partial charge < -0.3 is 15.5 Å². The number of guanidine groups is 1. The van der Waals surface area contributed by atoms with Crippen LogP contribution in [-0.2, 0) is 6.54 Å². The van der Waals surface area contributed by atoms with E-state index in [0.29, 0.717) is 18.5 Å². The molecule has 1 atom stereocenters. The van der Waals surface area contributed by atoms with Crippen molar-refractivity contribution in [3.63, 3.8) is 0 Å². The molecule has 2 aromatic rings. The highest BCUT2D eigenvalue weighted by molar-refractivity contribution is 14.0. The number of aliphatic imine (C=N–C) groups is 1. The highest BCUT2D eigenvalue weighted by Crippen LogP contribution is 2.24. The lowest BCUT2D eigenvalue weighted by atomic mass is 10.0. The number of thiazole rings is 1. The maximum atomic E-state index is 4.68. The summed E-state index contributed by atoms with van der Waals surface area (Å²) in [5.74, 6) is 1.32. The molecule has 1 aromatic carbocycles. The molecule has 2 N–H and O–H groups in total. The van der Waals surface area contributed by atoms with Crippen LogP contribution in [0, 0.1) is 0 Å². The van der Waals surface area contributed by atoms with E-state index in [4.69, 9.17) is 0 Å². The van der Waals surface area contributed by atoms with Crippen LogP contribution in [0.25, 0.3) is 0 Å². The predicted molar refractivity (Wildman–Crippen MR) is 143 cm³/mol. The average molecular weight is 557 g/mol. The second kappa shape index (κ2) is 13.3. The molecule has 1 fully saturated rings. The average Bonchev–Trinajstić information content (AvgIpc) is 3.24. The van der Waals surface area contributed by atoms with Crippen molar-refractivity contribution in [1.29, 1.82) is 0 Å². The molecule has 2 heterocycles. The summed E-state index contributed by atoms with van der Waals surface area (Å²) >= 11 is 1.71. The van der Waals surface area contributed by atoms with Gasteiger partial charge in [-0.05, 0) is 24.9 Å². The van der Waals surface area contributed by atoms with Crippen molar-refractivity contribution in [2.24, 2.45) is 4.99 Å². The van der Waals surface area contributed by atoms with E-state index in [-0.39, 0.29) is 24.0 Å². The number of rotatable bonds is 8. The molecule has 3 rings (SSSR count). The Balaban J connectivity index is 0.00000341. The lowest BCUT2D eigenvalue weighted by Gasteiger charge is -2.40. The summed E-state index contributed by atoms with van der Waals surface area (Å²) in [6.07, 6.45) is 1.09. The first-order valence-corrected chi connectivity index (χ1v) is 11.8. The zero-order valence-corrected chi connectivity index (χ0v) is 22.3. The van der Waals surface area contributed by atoms with Crippen LogP contribution in [0.3, 0.4) is 0 Å². The van der Waals surface area contributed by atoms with Crippen LogP contribution < -0.4 is 10.6 Å². The molecule has 0 spiro atoms. The summed E-state index contributed by atoms with van der Waals surface area (Å²) in [7, 11) is 4.04. The van der Waals surface area contributed by atoms with Crippen molar-refractivity contribution >= 4 is 41.3 Å². The van der Waals surface area contributed by atoms with Gasteiger partial charge >= 0.3 is 0 Å². The van der Waals surface area contributed by atoms with Gasteiger partial charge in [0.05, 0.1) is 12.2 Å². The van der Waals surface area contributed by atoms with Crippen molar-refractivity contribution < 1.29 is 0 Å². The van der Waals surface area contributed by atoms with E-state index in [9.17, 15) is 0 Å². The molecule has 1 unspecified atom stereocenters. The molecule has 8 heteroatoms. The fourth-order valence-corrected chi connectivity index (χ4v) is 4.65. The van der Waals surface area contributed by atoms with Crippen LogP contribution in [0.5, 0.6) is 0 Å². The molecule has 0 radical (unpaired) electrons. The first kappa shape index (κ1) is 26.0. The monoisotopic (exact) mass is 556 g/mol. The van der Waals surface area contributed by atoms with E-state index in [1.807, 2.05) is 7.05 Å². The van der Waals surface area contributed by atoms with Crippen LogP contribution in [0.1, 0.15) is 48.5 Å². The molecule has 6 nitrogen and oxygen atoms in total. The molecule has 1 aromatic heterocycles. The molecular weight excluding hydrogens is 519 g/mol. The molecule has 172 valence electrons. The number of benzene rings is 1. The highest BCUT2D eigenvalue weighted by atomic mass is 127. The van der Waals surface area contributed by atoms with E-state index in [0.717, 1.165) is 50.1 Å². The summed E-state index contributed by atoms with van der Waals surface area (Å²) in [6.45, 7) is 10.4. The third-order valence-corrected chi connectivity index (χ3v) is 6.45. The second-order valence-electron chi connectivity index (χ2n) is 8.25. The molecule has 0 saturated carbocycles. The fourth-order valence-electron chi connectivity index (χ4n) is 3.76. The molecule has 1 aliphatic rings. The van der Waals surface area contributed by atoms with Gasteiger partial charge in [0.1, 0.15) is 5.01 Å². The van der Waals surface area contributed by atoms with Gasteiger partial charge in [-0.3, -0.25) is 9.89 Å². The van der Waals surface area contributed by atoms with Crippen LogP contribution in [0.2, 0.25) is 0 Å². The van der Waals surface area contributed by atoms with Crippen LogP contribution >= 0.6 is 35.3 Å². The van der Waals surface area contributed by atoms with Crippen molar-refractivity contribution in [3.05, 3.63) is 52.0 Å². The summed E-state index contributed by atoms with van der Waals surface area (Å²) in [5.41, 5.74) is 2.58. The van der Waals surface area contributed by atoms with Gasteiger partial charge in [-0.1, -0.05) is 44.2 Å². The molecule has 1 aliphatic heterocycles. The van der Waals surface area contributed by atoms with E-state index < -0.39 is 0 Å². The Hall–Kier alpha value is -1.23. The molecule has 0 aliphatic carbocycles. The number of aromatic nitrogens is 1. The third-order valence-electron chi connectivity index (χ3n) is 5.58. The standard InChI is InChI=1S/C23H36N6S.HI/c1-18(2)20-17-30-22(27-20)15-26-23(24-3)25-11-8-12-29-14-13-28(4)16-21(29)19-9-6-5-7-10-19;/h5-7,9-10,17-18,21H,8,11-16H2,1-4H3,(H2,24,25,26);1H. The predicted octanol–water partition coefficient (Wildman–Crippen LogP) is 3.93. The number of nitrogens with zero attached hydrogens (tertiary/aromatic N) is 4. The van der Waals surface area contributed by atoms with E-state index in [1.165, 1.54) is 11.3 Å². The lowest BCUT2D eigenvalue weighted by molar-refractivity contribution is 0.0891. The Labute approximate surface area is 208 Å². The maximum Gasteiger partial charge on any atom is 0.191 e. The van der Waals surface area contributed by atoms with Gasteiger partial charge in [0.25, 0.3) is 0 Å². The number of hydrogen-bond acceptors (Lipinski definition) is 5. The molecule has 0 bridgehead atoms. The minimum Gasteiger partial charge on any atom is -0.356 e. The number of piperazine rings is 1. The van der Waals surface area contributed by atoms with Crippen LogP contribution in [0.4, 0.5) is 0 Å². The largest absolute Gasteiger partial charge is 0.356 e. The van der Waals surface area contributed by atoms with Crippen LogP contribution in [-0.4, -0.2) is 67.6 Å². The second-order valence-corrected chi connectivity index (χ2v) is 9.19. The number of halogens is 1. The topological polar surface area (TPSA) is 55.8 Å². The zero-order chi connectivity index (χ0) is 21.3. The number of nitrogens with one attached hydrogen (secondary N) is 2. The van der Waals surface area contributed by atoms with Gasteiger partial charge in [0, 0.05) is 51.2 Å². The van der Waals surface area contributed by atoms with E-state index in [2.05, 4.69) is 87.0 Å². The SMILES string of the molecule is CN=C(NCCCN1CCN(C)CC1c1ccccc1)NCc1nc(C(C)C)cs1.I. The van der Waals surface area contributed by atoms with Crippen molar-refractivity contribution in [2.45, 2.75) is 38.8 Å². The zero-order valence-electron chi connectivity index (χ0n) is 19.2. The Morgan fingerprint density at radius 1 is 1.23 bits per heavy atom. The van der Waals surface area contributed by atoms with Crippen molar-refractivity contribution in [3.8, 4) is 0 Å². The van der Waals surface area contributed by atoms with E-state index >= 15 is 0 Å². The van der Waals surface area contributed by atoms with Gasteiger partial charge in [-0.2, -0.15) is 0 Å². The van der Waals surface area contributed by atoms with E-state index in [1.54, 1.807) is 11.3 Å². The summed E-state index contributed by atoms with van der Waals surface area (Å²) in [5, 5.41) is 10.1. The smallest absolute Gasteiger partial charge is 0.191 e. The van der Waals surface area contributed by atoms with Gasteiger partial charge in [0.2, 0.25) is 0 Å². The normalized spacial score (nSPS) is 18.1. The molecular formula is C23H37IN6S. The molecule has 0 amide bonds. The van der Waals surface area contributed by atoms with Crippen molar-refractivity contribution in [2.75, 3.05) is 46.8 Å². The lowest BCUT2D eigenvalue weighted by Crippen LogP contribution is -2.47. The Bertz CT molecular complexity index is 794. The summed E-state index contributed by atoms with van der Waals surface area (Å²) < 4.78 is 0. The Morgan fingerprint density at radius 3 is 2.68 bits per heavy atom. The molecule has 31 heavy (non-hydrogen) atoms. The number of hydrogen-bond donors (Lipinski definition) is 2. The first-order chi connectivity index (χ1) is 14.6. The van der Waals surface area contributed by atoms with Gasteiger partial charge in [-0.15, -0.1) is 35.3 Å². The Morgan fingerprint density at radius 2 is 2.00 bits per heavy atom. The maximum absolute atomic E-state index is 4.68. The van der Waals surface area contributed by atoms with Crippen molar-refractivity contribution in [1.82, 2.24) is 25.4 Å². The van der Waals surface area contributed by atoms with Gasteiger partial charge in [-0.25, -0.2) is 4.98 Å².